The van der Waals surface area contributed by atoms with Gasteiger partial charge in [0, 0.05) is 17.2 Å². The highest BCUT2D eigenvalue weighted by Gasteiger charge is 2.29. The first-order valence-corrected chi connectivity index (χ1v) is 9.79. The van der Waals surface area contributed by atoms with E-state index in [1.54, 1.807) is 24.3 Å². The molecule has 4 nitrogen and oxygen atoms in total. The second-order valence-corrected chi connectivity index (χ2v) is 7.21. The number of benzene rings is 3. The first-order chi connectivity index (χ1) is 15.7. The molecule has 0 aliphatic carbocycles. The molecule has 0 bridgehead atoms. The molecule has 0 unspecified atom stereocenters. The first kappa shape index (κ1) is 22.0. The quantitative estimate of drug-likeness (QED) is 0.159. The molecule has 0 spiro atoms. The second kappa shape index (κ2) is 8.74. The molecule has 0 saturated carbocycles. The van der Waals surface area contributed by atoms with Crippen molar-refractivity contribution in [3.8, 4) is 0 Å². The average molecular weight is 452 g/mol. The minimum Gasteiger partial charge on any atom is -0.339 e. The van der Waals surface area contributed by atoms with E-state index in [2.05, 4.69) is 10.6 Å². The lowest BCUT2D eigenvalue weighted by molar-refractivity contribution is -0.0790. The zero-order valence-corrected chi connectivity index (χ0v) is 16.9. The zero-order chi connectivity index (χ0) is 23.6. The number of nitrogens with one attached hydrogen (secondary N) is 2. The van der Waals surface area contributed by atoms with Crippen molar-refractivity contribution in [2.75, 3.05) is 10.6 Å². The van der Waals surface area contributed by atoms with Crippen LogP contribution in [0.25, 0.3) is 6.08 Å². The second-order valence-electron chi connectivity index (χ2n) is 7.21. The van der Waals surface area contributed by atoms with Gasteiger partial charge in [-0.3, -0.25) is 9.59 Å². The van der Waals surface area contributed by atoms with E-state index in [0.717, 1.165) is 12.1 Å². The number of Topliss-reactive ketones (excluding diaryl/α,β-unsaturated/α-hetero) is 2. The van der Waals surface area contributed by atoms with Crippen LogP contribution >= 0.6 is 0 Å². The SMILES string of the molecule is O=C(C(C(=O)c1cccc(/C=C\C(F)(F)F)c1)=C1Nc2ccccc2N1)c1cccc(F)c1. The summed E-state index contributed by atoms with van der Waals surface area (Å²) in [5, 5.41) is 5.96. The Labute approximate surface area is 186 Å². The molecule has 33 heavy (non-hydrogen) atoms. The molecule has 3 aromatic carbocycles. The molecule has 8 heteroatoms. The number of anilines is 2. The van der Waals surface area contributed by atoms with Gasteiger partial charge >= 0.3 is 6.18 Å². The summed E-state index contributed by atoms with van der Waals surface area (Å²) in [6.45, 7) is 0. The molecule has 0 atom stereocenters. The molecular formula is C25H16F4N2O2. The number of carbonyl (C=O) groups is 2. The van der Waals surface area contributed by atoms with Gasteiger partial charge in [0.25, 0.3) is 0 Å². The number of alkyl halides is 3. The molecule has 4 rings (SSSR count). The minimum absolute atomic E-state index is 0.00568. The summed E-state index contributed by atoms with van der Waals surface area (Å²) in [7, 11) is 0. The van der Waals surface area contributed by atoms with Gasteiger partial charge in [-0.05, 0) is 35.9 Å². The van der Waals surface area contributed by atoms with Crippen LogP contribution in [0.4, 0.5) is 28.9 Å². The van der Waals surface area contributed by atoms with Crippen LogP contribution in [0.5, 0.6) is 0 Å². The van der Waals surface area contributed by atoms with Gasteiger partial charge in [-0.15, -0.1) is 0 Å². The van der Waals surface area contributed by atoms with Crippen LogP contribution in [0, 0.1) is 5.82 Å². The van der Waals surface area contributed by atoms with Gasteiger partial charge in [-0.1, -0.05) is 48.5 Å². The van der Waals surface area contributed by atoms with Crippen molar-refractivity contribution in [2.45, 2.75) is 6.18 Å². The van der Waals surface area contributed by atoms with Crippen LogP contribution in [0.1, 0.15) is 26.3 Å². The molecule has 0 saturated heterocycles. The van der Waals surface area contributed by atoms with Gasteiger partial charge in [0.15, 0.2) is 0 Å². The molecule has 0 aromatic heterocycles. The summed E-state index contributed by atoms with van der Waals surface area (Å²) in [5.74, 6) is -2.01. The van der Waals surface area contributed by atoms with Gasteiger partial charge in [-0.2, -0.15) is 13.2 Å². The van der Waals surface area contributed by atoms with Crippen molar-refractivity contribution in [1.29, 1.82) is 0 Å². The number of carbonyl (C=O) groups excluding carboxylic acids is 2. The van der Waals surface area contributed by atoms with Gasteiger partial charge in [0.1, 0.15) is 17.2 Å². The Balaban J connectivity index is 1.78. The number of allylic oxidation sites excluding steroid dienone is 2. The molecule has 3 aromatic rings. The van der Waals surface area contributed by atoms with Crippen LogP contribution < -0.4 is 10.6 Å². The third kappa shape index (κ3) is 5.01. The van der Waals surface area contributed by atoms with Crippen molar-refractivity contribution in [3.63, 3.8) is 0 Å². The van der Waals surface area contributed by atoms with E-state index >= 15 is 0 Å². The van der Waals surface area contributed by atoms with Crippen molar-refractivity contribution in [1.82, 2.24) is 0 Å². The molecule has 0 amide bonds. The lowest BCUT2D eigenvalue weighted by Gasteiger charge is -2.12. The number of para-hydroxylation sites is 2. The topological polar surface area (TPSA) is 58.2 Å². The minimum atomic E-state index is -4.51. The Hall–Kier alpha value is -4.20. The summed E-state index contributed by atoms with van der Waals surface area (Å²) < 4.78 is 51.4. The standard InChI is InChI=1S/C25H16F4N2O2/c26-18-8-4-7-17(14-18)23(33)21(24-30-19-9-1-2-10-20(19)31-24)22(32)16-6-3-5-15(13-16)11-12-25(27,28)29/h1-14,30-31H/b12-11-. The largest absolute Gasteiger partial charge is 0.409 e. The molecule has 1 aliphatic rings. The third-order valence-electron chi connectivity index (χ3n) is 4.85. The van der Waals surface area contributed by atoms with Crippen LogP contribution in [0.3, 0.4) is 0 Å². The monoisotopic (exact) mass is 452 g/mol. The van der Waals surface area contributed by atoms with E-state index in [4.69, 9.17) is 0 Å². The summed E-state index contributed by atoms with van der Waals surface area (Å²) in [6.07, 6.45) is -3.62. The number of ketones is 2. The highest BCUT2D eigenvalue weighted by molar-refractivity contribution is 6.32. The fourth-order valence-corrected chi connectivity index (χ4v) is 3.35. The Morgan fingerprint density at radius 1 is 0.758 bits per heavy atom. The molecule has 0 fully saturated rings. The van der Waals surface area contributed by atoms with E-state index in [1.165, 1.54) is 42.5 Å². The Kier molecular flexibility index (Phi) is 5.83. The molecule has 0 radical (unpaired) electrons. The fourth-order valence-electron chi connectivity index (χ4n) is 3.35. The van der Waals surface area contributed by atoms with E-state index in [1.807, 2.05) is 0 Å². The average Bonchev–Trinajstić information content (AvgIpc) is 3.21. The van der Waals surface area contributed by atoms with Gasteiger partial charge in [0.2, 0.25) is 11.6 Å². The van der Waals surface area contributed by atoms with E-state index in [0.29, 0.717) is 11.4 Å². The maximum Gasteiger partial charge on any atom is 0.409 e. The van der Waals surface area contributed by atoms with Gasteiger partial charge < -0.3 is 10.6 Å². The number of hydrogen-bond donors (Lipinski definition) is 2. The highest BCUT2D eigenvalue weighted by atomic mass is 19.4. The molecule has 166 valence electrons. The van der Waals surface area contributed by atoms with Crippen molar-refractivity contribution in [3.05, 3.63) is 113 Å². The molecule has 2 N–H and O–H groups in total. The number of hydrogen-bond acceptors (Lipinski definition) is 4. The number of rotatable bonds is 5. The van der Waals surface area contributed by atoms with E-state index in [9.17, 15) is 27.2 Å². The summed E-state index contributed by atoms with van der Waals surface area (Å²) in [4.78, 5) is 26.7. The maximum absolute atomic E-state index is 13.8. The Bertz CT molecular complexity index is 1280. The number of halogens is 4. The number of fused-ring (bicyclic) bond motifs is 1. The van der Waals surface area contributed by atoms with Crippen LogP contribution in [-0.2, 0) is 0 Å². The van der Waals surface area contributed by atoms with E-state index < -0.39 is 23.6 Å². The normalized spacial score (nSPS) is 12.8. The molecule has 1 aliphatic heterocycles. The Morgan fingerprint density at radius 2 is 1.33 bits per heavy atom. The first-order valence-electron chi connectivity index (χ1n) is 9.79. The third-order valence-corrected chi connectivity index (χ3v) is 4.85. The maximum atomic E-state index is 13.8. The fraction of sp³-hybridized carbons (Fsp3) is 0.0400. The Morgan fingerprint density at radius 3 is 1.91 bits per heavy atom. The molecule has 1 heterocycles. The van der Waals surface area contributed by atoms with Crippen molar-refractivity contribution >= 4 is 29.0 Å². The summed E-state index contributed by atoms with van der Waals surface area (Å²) >= 11 is 0. The summed E-state index contributed by atoms with van der Waals surface area (Å²) in [5.41, 5.74) is 1.06. The van der Waals surface area contributed by atoms with Crippen LogP contribution in [0.2, 0.25) is 0 Å². The smallest absolute Gasteiger partial charge is 0.339 e. The lowest BCUT2D eigenvalue weighted by atomic mass is 9.94. The predicted octanol–water partition coefficient (Wildman–Crippen LogP) is 6.22. The van der Waals surface area contributed by atoms with E-state index in [-0.39, 0.29) is 34.2 Å². The highest BCUT2D eigenvalue weighted by Crippen LogP contribution is 2.33. The lowest BCUT2D eigenvalue weighted by Crippen LogP contribution is -2.21. The zero-order valence-electron chi connectivity index (χ0n) is 16.9. The van der Waals surface area contributed by atoms with Crippen molar-refractivity contribution in [2.24, 2.45) is 0 Å². The van der Waals surface area contributed by atoms with Gasteiger partial charge in [0.05, 0.1) is 11.4 Å². The van der Waals surface area contributed by atoms with Crippen molar-refractivity contribution < 1.29 is 27.2 Å². The summed E-state index contributed by atoms with van der Waals surface area (Å²) in [6, 6.07) is 17.4. The van der Waals surface area contributed by atoms with Crippen LogP contribution in [0.15, 0.2) is 90.3 Å². The van der Waals surface area contributed by atoms with Gasteiger partial charge in [-0.25, -0.2) is 4.39 Å². The predicted molar refractivity (Wildman–Crippen MR) is 117 cm³/mol. The van der Waals surface area contributed by atoms with Crippen LogP contribution in [-0.4, -0.2) is 17.7 Å². The molecular weight excluding hydrogens is 436 g/mol.